The van der Waals surface area contributed by atoms with Crippen LogP contribution in [0.3, 0.4) is 0 Å². The molecule has 154 valence electrons. The molecule has 2 fully saturated rings. The fourth-order valence-electron chi connectivity index (χ4n) is 4.86. The molecular formula is C23H35N3O2. The number of fused-ring (bicyclic) bond motifs is 1. The third-order valence-electron chi connectivity index (χ3n) is 6.28. The van der Waals surface area contributed by atoms with Gasteiger partial charge in [0.1, 0.15) is 0 Å². The van der Waals surface area contributed by atoms with Gasteiger partial charge in [0.25, 0.3) is 0 Å². The summed E-state index contributed by atoms with van der Waals surface area (Å²) in [7, 11) is 0. The Morgan fingerprint density at radius 2 is 1.43 bits per heavy atom. The number of nitrogens with one attached hydrogen (secondary N) is 1. The van der Waals surface area contributed by atoms with Crippen molar-refractivity contribution in [3.8, 4) is 0 Å². The first kappa shape index (κ1) is 20.8. The summed E-state index contributed by atoms with van der Waals surface area (Å²) in [5, 5.41) is 0. The molecule has 0 radical (unpaired) electrons. The molecule has 2 heterocycles. The molecule has 2 aliphatic rings. The molecule has 1 aliphatic heterocycles. The van der Waals surface area contributed by atoms with Crippen molar-refractivity contribution in [3.63, 3.8) is 0 Å². The number of hydrogen-bond donors (Lipinski definition) is 1. The molecule has 4 rings (SSSR count). The van der Waals surface area contributed by atoms with Crippen LogP contribution in [0.25, 0.3) is 11.0 Å². The summed E-state index contributed by atoms with van der Waals surface area (Å²) in [4.78, 5) is 30.0. The lowest BCUT2D eigenvalue weighted by Gasteiger charge is -2.39. The van der Waals surface area contributed by atoms with Crippen LogP contribution in [-0.4, -0.2) is 33.6 Å². The van der Waals surface area contributed by atoms with Crippen molar-refractivity contribution in [1.29, 1.82) is 0 Å². The monoisotopic (exact) mass is 385 g/mol. The normalized spacial score (nSPS) is 20.2. The number of nitrogens with zero attached hydrogens (tertiary/aromatic N) is 2. The summed E-state index contributed by atoms with van der Waals surface area (Å²) < 4.78 is 1.75. The number of hydrogen-bond acceptors (Lipinski definition) is 3. The van der Waals surface area contributed by atoms with Crippen molar-refractivity contribution in [2.45, 2.75) is 83.7 Å². The number of benzene rings is 1. The Bertz CT molecular complexity index is 854. The molecule has 2 aromatic rings. The summed E-state index contributed by atoms with van der Waals surface area (Å²) in [6, 6.07) is 8.47. The Labute approximate surface area is 167 Å². The molecule has 0 bridgehead atoms. The summed E-state index contributed by atoms with van der Waals surface area (Å²) in [6.07, 6.45) is 11.4. The highest BCUT2D eigenvalue weighted by Gasteiger charge is 2.27. The van der Waals surface area contributed by atoms with Gasteiger partial charge in [0.15, 0.2) is 0 Å². The highest BCUT2D eigenvalue weighted by atomic mass is 16.2. The maximum absolute atomic E-state index is 12.6. The largest absolute Gasteiger partial charge is 0.316 e. The third-order valence-corrected chi connectivity index (χ3v) is 6.28. The van der Waals surface area contributed by atoms with Gasteiger partial charge in [-0.2, -0.15) is 0 Å². The Morgan fingerprint density at radius 1 is 0.821 bits per heavy atom. The Kier molecular flexibility index (Phi) is 7.49. The third kappa shape index (κ3) is 4.57. The highest BCUT2D eigenvalue weighted by Crippen LogP contribution is 2.28. The summed E-state index contributed by atoms with van der Waals surface area (Å²) >= 11 is 0. The van der Waals surface area contributed by atoms with E-state index in [0.717, 1.165) is 37.0 Å². The second kappa shape index (κ2) is 10.1. The predicted octanol–water partition coefficient (Wildman–Crippen LogP) is 4.47. The molecule has 0 atom stereocenters. The molecule has 1 aromatic heterocycles. The van der Waals surface area contributed by atoms with Crippen molar-refractivity contribution in [2.75, 3.05) is 13.1 Å². The number of rotatable bonds is 2. The lowest BCUT2D eigenvalue weighted by Crippen LogP contribution is -2.45. The lowest BCUT2D eigenvalue weighted by atomic mass is 9.93. The minimum Gasteiger partial charge on any atom is -0.316 e. The van der Waals surface area contributed by atoms with Crippen LogP contribution in [0.2, 0.25) is 0 Å². The highest BCUT2D eigenvalue weighted by molar-refractivity contribution is 5.74. The first-order valence-electron chi connectivity index (χ1n) is 11.2. The van der Waals surface area contributed by atoms with E-state index in [1.165, 1.54) is 44.9 Å². The number of aromatic nitrogens is 2. The molecule has 5 nitrogen and oxygen atoms in total. The second-order valence-electron chi connectivity index (χ2n) is 7.91. The molecule has 0 spiro atoms. The van der Waals surface area contributed by atoms with Crippen molar-refractivity contribution < 1.29 is 0 Å². The van der Waals surface area contributed by atoms with E-state index in [9.17, 15) is 9.59 Å². The van der Waals surface area contributed by atoms with Crippen molar-refractivity contribution >= 4 is 11.0 Å². The van der Waals surface area contributed by atoms with E-state index < -0.39 is 11.1 Å². The fourth-order valence-corrected chi connectivity index (χ4v) is 4.86. The van der Waals surface area contributed by atoms with Crippen LogP contribution >= 0.6 is 0 Å². The van der Waals surface area contributed by atoms with Gasteiger partial charge < -0.3 is 9.88 Å². The van der Waals surface area contributed by atoms with E-state index in [2.05, 4.69) is 9.88 Å². The molecule has 28 heavy (non-hydrogen) atoms. The van der Waals surface area contributed by atoms with E-state index in [1.807, 2.05) is 38.1 Å². The average Bonchev–Trinajstić information content (AvgIpc) is 2.71. The Balaban J connectivity index is 0.00000109. The van der Waals surface area contributed by atoms with Crippen LogP contribution in [0.15, 0.2) is 33.9 Å². The first-order valence-corrected chi connectivity index (χ1v) is 11.2. The van der Waals surface area contributed by atoms with E-state index in [0.29, 0.717) is 6.04 Å². The molecule has 1 saturated carbocycles. The van der Waals surface area contributed by atoms with Gasteiger partial charge in [-0.25, -0.2) is 0 Å². The molecule has 1 saturated heterocycles. The summed E-state index contributed by atoms with van der Waals surface area (Å²) in [5.41, 5.74) is 0.681. The molecule has 1 aromatic carbocycles. The molecule has 0 amide bonds. The molecule has 1 aliphatic carbocycles. The minimum atomic E-state index is -0.508. The van der Waals surface area contributed by atoms with E-state index >= 15 is 0 Å². The van der Waals surface area contributed by atoms with Gasteiger partial charge in [0, 0.05) is 25.2 Å². The van der Waals surface area contributed by atoms with Gasteiger partial charge in [-0.3, -0.25) is 14.2 Å². The van der Waals surface area contributed by atoms with E-state index in [-0.39, 0.29) is 6.04 Å². The number of aromatic amines is 1. The van der Waals surface area contributed by atoms with Gasteiger partial charge in [-0.05, 0) is 37.8 Å². The zero-order chi connectivity index (χ0) is 19.9. The van der Waals surface area contributed by atoms with E-state index in [1.54, 1.807) is 4.57 Å². The van der Waals surface area contributed by atoms with Gasteiger partial charge in [-0.15, -0.1) is 0 Å². The molecule has 5 heteroatoms. The molecular weight excluding hydrogens is 350 g/mol. The first-order chi connectivity index (χ1) is 13.7. The van der Waals surface area contributed by atoms with E-state index in [4.69, 9.17) is 0 Å². The number of likely N-dealkylation sites (tertiary alicyclic amines) is 1. The van der Waals surface area contributed by atoms with Crippen molar-refractivity contribution in [1.82, 2.24) is 14.5 Å². The lowest BCUT2D eigenvalue weighted by molar-refractivity contribution is 0.116. The molecule has 0 unspecified atom stereocenters. The Hall–Kier alpha value is -1.88. The fraction of sp³-hybridized carbons (Fsp3) is 0.652. The number of para-hydroxylation sites is 2. The standard InChI is InChI=1S/C21H29N3O2.C2H6/c25-20-21(26)24(19-11-7-6-10-18(19)22-20)17-12-14-23(15-13-17)16-8-4-2-1-3-5-9-16;1-2/h6-7,10-11,16-17H,1-5,8-9,12-15H2,(H,22,25);1-2H3. The summed E-state index contributed by atoms with van der Waals surface area (Å²) in [6.45, 7) is 6.06. The molecule has 1 N–H and O–H groups in total. The van der Waals surface area contributed by atoms with Gasteiger partial charge >= 0.3 is 11.1 Å². The van der Waals surface area contributed by atoms with Crippen LogP contribution in [0.1, 0.15) is 77.7 Å². The Morgan fingerprint density at radius 3 is 2.11 bits per heavy atom. The van der Waals surface area contributed by atoms with Gasteiger partial charge in [0.05, 0.1) is 11.0 Å². The number of H-pyrrole nitrogens is 1. The second-order valence-corrected chi connectivity index (χ2v) is 7.91. The SMILES string of the molecule is CC.O=c1[nH]c2ccccc2n(C2CCN(C3CCCCCCC3)CC2)c1=O. The van der Waals surface area contributed by atoms with Crippen LogP contribution in [-0.2, 0) is 0 Å². The van der Waals surface area contributed by atoms with Crippen LogP contribution in [0, 0.1) is 0 Å². The maximum atomic E-state index is 12.6. The average molecular weight is 386 g/mol. The predicted molar refractivity (Wildman–Crippen MR) is 116 cm³/mol. The van der Waals surface area contributed by atoms with Crippen molar-refractivity contribution in [3.05, 3.63) is 45.0 Å². The van der Waals surface area contributed by atoms with Crippen molar-refractivity contribution in [2.24, 2.45) is 0 Å². The zero-order valence-corrected chi connectivity index (χ0v) is 17.5. The quantitative estimate of drug-likeness (QED) is 0.776. The van der Waals surface area contributed by atoms with Crippen LogP contribution < -0.4 is 11.1 Å². The van der Waals surface area contributed by atoms with Crippen LogP contribution in [0.5, 0.6) is 0 Å². The van der Waals surface area contributed by atoms with Crippen LogP contribution in [0.4, 0.5) is 0 Å². The topological polar surface area (TPSA) is 58.1 Å². The minimum absolute atomic E-state index is 0.125. The van der Waals surface area contributed by atoms with Gasteiger partial charge in [0.2, 0.25) is 0 Å². The zero-order valence-electron chi connectivity index (χ0n) is 17.5. The smallest absolute Gasteiger partial charge is 0.316 e. The maximum Gasteiger partial charge on any atom is 0.316 e. The number of piperidine rings is 1. The van der Waals surface area contributed by atoms with Gasteiger partial charge in [-0.1, -0.05) is 58.1 Å². The summed E-state index contributed by atoms with van der Waals surface area (Å²) in [5.74, 6) is 0.